The van der Waals surface area contributed by atoms with Gasteiger partial charge in [-0.25, -0.2) is 4.98 Å². The number of para-hydroxylation sites is 2. The molecule has 0 unspecified atom stereocenters. The molecule has 0 radical (unpaired) electrons. The van der Waals surface area contributed by atoms with Crippen LogP contribution in [0.5, 0.6) is 5.75 Å². The van der Waals surface area contributed by atoms with E-state index in [0.717, 1.165) is 22.0 Å². The molecule has 0 N–H and O–H groups in total. The van der Waals surface area contributed by atoms with E-state index < -0.39 is 0 Å². The summed E-state index contributed by atoms with van der Waals surface area (Å²) in [6, 6.07) is 19.5. The summed E-state index contributed by atoms with van der Waals surface area (Å²) in [5, 5.41) is 17.9. The molecule has 3 heterocycles. The van der Waals surface area contributed by atoms with Crippen molar-refractivity contribution < 1.29 is 4.74 Å². The van der Waals surface area contributed by atoms with Gasteiger partial charge in [-0.05, 0) is 47.3 Å². The van der Waals surface area contributed by atoms with E-state index >= 15 is 0 Å². The van der Waals surface area contributed by atoms with Crippen LogP contribution in [-0.2, 0) is 0 Å². The number of hydrogen-bond donors (Lipinski definition) is 0. The Morgan fingerprint density at radius 3 is 2.73 bits per heavy atom. The van der Waals surface area contributed by atoms with E-state index in [4.69, 9.17) is 4.74 Å². The van der Waals surface area contributed by atoms with Gasteiger partial charge in [0, 0.05) is 5.56 Å². The van der Waals surface area contributed by atoms with Crippen LogP contribution in [-0.4, -0.2) is 46.4 Å². The Morgan fingerprint density at radius 2 is 1.87 bits per heavy atom. The molecule has 10 heteroatoms. The molecule has 0 aliphatic heterocycles. The first-order valence-electron chi connectivity index (χ1n) is 9.28. The number of rotatable bonds is 6. The molecule has 148 valence electrons. The maximum absolute atomic E-state index is 5.74. The maximum Gasteiger partial charge on any atom is 0.253 e. The van der Waals surface area contributed by atoms with E-state index in [1.54, 1.807) is 9.20 Å². The Morgan fingerprint density at radius 1 is 1.03 bits per heavy atom. The maximum atomic E-state index is 5.74. The van der Waals surface area contributed by atoms with Gasteiger partial charge in [0.1, 0.15) is 22.8 Å². The first-order valence-corrected chi connectivity index (χ1v) is 10.1. The lowest BCUT2D eigenvalue weighted by Gasteiger charge is -2.11. The molecule has 2 aromatic carbocycles. The van der Waals surface area contributed by atoms with Crippen molar-refractivity contribution >= 4 is 17.5 Å². The molecule has 30 heavy (non-hydrogen) atoms. The fourth-order valence-electron chi connectivity index (χ4n) is 3.01. The number of benzene rings is 2. The van der Waals surface area contributed by atoms with Gasteiger partial charge in [0.25, 0.3) is 5.78 Å². The SMILES string of the molecule is CCOc1ccccc1-n1nnnc1Sc1cc(-c2ccccc2)nc2ncnn12. The predicted molar refractivity (Wildman–Crippen MR) is 111 cm³/mol. The Hall–Kier alpha value is -3.79. The van der Waals surface area contributed by atoms with Gasteiger partial charge in [-0.2, -0.15) is 19.3 Å². The highest BCUT2D eigenvalue weighted by molar-refractivity contribution is 7.99. The Labute approximate surface area is 175 Å². The number of nitrogens with zero attached hydrogens (tertiary/aromatic N) is 8. The predicted octanol–water partition coefficient (Wildman–Crippen LogP) is 3.32. The van der Waals surface area contributed by atoms with Crippen LogP contribution in [0.3, 0.4) is 0 Å². The number of tetrazole rings is 1. The van der Waals surface area contributed by atoms with Gasteiger partial charge >= 0.3 is 0 Å². The van der Waals surface area contributed by atoms with E-state index in [-0.39, 0.29) is 0 Å². The zero-order valence-electron chi connectivity index (χ0n) is 16.0. The minimum Gasteiger partial charge on any atom is -0.492 e. The van der Waals surface area contributed by atoms with Gasteiger partial charge in [-0.15, -0.1) is 5.10 Å². The number of aromatic nitrogens is 8. The van der Waals surface area contributed by atoms with Gasteiger partial charge < -0.3 is 4.74 Å². The average Bonchev–Trinajstić information content (AvgIpc) is 3.44. The summed E-state index contributed by atoms with van der Waals surface area (Å²) in [7, 11) is 0. The third kappa shape index (κ3) is 3.37. The van der Waals surface area contributed by atoms with Gasteiger partial charge in [0.05, 0.1) is 12.3 Å². The molecular formula is C20H16N8OS. The normalized spacial score (nSPS) is 11.1. The zero-order chi connectivity index (χ0) is 20.3. The first kappa shape index (κ1) is 18.3. The Bertz CT molecular complexity index is 1300. The van der Waals surface area contributed by atoms with Crippen LogP contribution in [0.25, 0.3) is 22.7 Å². The quantitative estimate of drug-likeness (QED) is 0.389. The van der Waals surface area contributed by atoms with Crippen molar-refractivity contribution in [3.63, 3.8) is 0 Å². The highest BCUT2D eigenvalue weighted by Crippen LogP contribution is 2.32. The Balaban J connectivity index is 1.58. The molecule has 0 spiro atoms. The summed E-state index contributed by atoms with van der Waals surface area (Å²) in [5.74, 6) is 1.22. The van der Waals surface area contributed by atoms with Crippen molar-refractivity contribution in [3.05, 3.63) is 67.0 Å². The molecule has 0 aliphatic rings. The summed E-state index contributed by atoms with van der Waals surface area (Å²) in [6.45, 7) is 2.49. The lowest BCUT2D eigenvalue weighted by atomic mass is 10.1. The lowest BCUT2D eigenvalue weighted by molar-refractivity contribution is 0.337. The first-order chi connectivity index (χ1) is 14.8. The lowest BCUT2D eigenvalue weighted by Crippen LogP contribution is -2.04. The second kappa shape index (κ2) is 7.91. The molecule has 0 atom stereocenters. The summed E-state index contributed by atoms with van der Waals surface area (Å²) < 4.78 is 9.06. The van der Waals surface area contributed by atoms with Crippen LogP contribution in [0.2, 0.25) is 0 Å². The molecule has 5 rings (SSSR count). The molecule has 3 aromatic heterocycles. The third-order valence-electron chi connectivity index (χ3n) is 4.32. The molecule has 0 saturated carbocycles. The summed E-state index contributed by atoms with van der Waals surface area (Å²) in [4.78, 5) is 8.87. The smallest absolute Gasteiger partial charge is 0.253 e. The number of hydrogen-bond acceptors (Lipinski definition) is 8. The topological polar surface area (TPSA) is 95.9 Å². The van der Waals surface area contributed by atoms with Crippen LogP contribution >= 0.6 is 11.8 Å². The fourth-order valence-corrected chi connectivity index (χ4v) is 3.88. The molecule has 0 aliphatic carbocycles. The van der Waals surface area contributed by atoms with Crippen LogP contribution in [0.4, 0.5) is 0 Å². The van der Waals surface area contributed by atoms with Gasteiger partial charge in [0.15, 0.2) is 0 Å². The van der Waals surface area contributed by atoms with Crippen LogP contribution < -0.4 is 4.74 Å². The van der Waals surface area contributed by atoms with Crippen molar-refractivity contribution in [2.75, 3.05) is 6.61 Å². The largest absolute Gasteiger partial charge is 0.492 e. The molecule has 0 fully saturated rings. The molecule has 0 amide bonds. The summed E-state index contributed by atoms with van der Waals surface area (Å²) in [5.41, 5.74) is 2.55. The molecule has 0 saturated heterocycles. The van der Waals surface area contributed by atoms with Crippen molar-refractivity contribution in [2.45, 2.75) is 17.1 Å². The molecule has 5 aromatic rings. The summed E-state index contributed by atoms with van der Waals surface area (Å²) >= 11 is 1.38. The highest BCUT2D eigenvalue weighted by Gasteiger charge is 2.17. The Kier molecular flexibility index (Phi) is 4.81. The number of fused-ring (bicyclic) bond motifs is 1. The van der Waals surface area contributed by atoms with Crippen molar-refractivity contribution in [1.82, 2.24) is 39.8 Å². The van der Waals surface area contributed by atoms with Gasteiger partial charge in [0.2, 0.25) is 5.16 Å². The van der Waals surface area contributed by atoms with Crippen LogP contribution in [0.1, 0.15) is 6.92 Å². The van der Waals surface area contributed by atoms with Crippen LogP contribution in [0.15, 0.2) is 77.2 Å². The second-order valence-corrected chi connectivity index (χ2v) is 7.18. The van der Waals surface area contributed by atoms with E-state index in [1.807, 2.05) is 67.6 Å². The molecular weight excluding hydrogens is 400 g/mol. The van der Waals surface area contributed by atoms with Gasteiger partial charge in [-0.1, -0.05) is 42.5 Å². The molecule has 0 bridgehead atoms. The van der Waals surface area contributed by atoms with Crippen molar-refractivity contribution in [2.24, 2.45) is 0 Å². The monoisotopic (exact) mass is 416 g/mol. The van der Waals surface area contributed by atoms with Crippen molar-refractivity contribution in [1.29, 1.82) is 0 Å². The fraction of sp³-hybridized carbons (Fsp3) is 0.100. The van der Waals surface area contributed by atoms with E-state index in [9.17, 15) is 0 Å². The van der Waals surface area contributed by atoms with Gasteiger partial charge in [-0.3, -0.25) is 0 Å². The standard InChI is InChI=1S/C20H16N8OS/c1-2-29-17-11-7-6-10-16(17)27-20(24-25-26-27)30-18-12-15(14-8-4-3-5-9-14)23-19-21-13-22-28(18)19/h3-13H,2H2,1H3. The molecule has 9 nitrogen and oxygen atoms in total. The third-order valence-corrected chi connectivity index (χ3v) is 5.26. The van der Waals surface area contributed by atoms with E-state index in [1.165, 1.54) is 18.1 Å². The zero-order valence-corrected chi connectivity index (χ0v) is 16.8. The highest BCUT2D eigenvalue weighted by atomic mass is 32.2. The minimum absolute atomic E-state index is 0.507. The number of ether oxygens (including phenoxy) is 1. The van der Waals surface area contributed by atoms with Crippen molar-refractivity contribution in [3.8, 4) is 22.7 Å². The second-order valence-electron chi connectivity index (χ2n) is 6.19. The van der Waals surface area contributed by atoms with E-state index in [0.29, 0.717) is 23.3 Å². The van der Waals surface area contributed by atoms with E-state index in [2.05, 4.69) is 30.6 Å². The average molecular weight is 416 g/mol. The van der Waals surface area contributed by atoms with Crippen LogP contribution in [0, 0.1) is 0 Å². The summed E-state index contributed by atoms with van der Waals surface area (Å²) in [6.07, 6.45) is 1.48. The minimum atomic E-state index is 0.507.